The maximum atomic E-state index is 12.5. The van der Waals surface area contributed by atoms with E-state index < -0.39 is 17.1 Å². The topological polar surface area (TPSA) is 66.5 Å². The minimum absolute atomic E-state index is 0.293. The predicted octanol–water partition coefficient (Wildman–Crippen LogP) is 4.35. The molecule has 1 aromatic heterocycles. The van der Waals surface area contributed by atoms with Crippen LogP contribution in [-0.4, -0.2) is 28.5 Å². The number of rotatable bonds is 4. The molecule has 1 aromatic carbocycles. The van der Waals surface area contributed by atoms with Gasteiger partial charge in [0.2, 0.25) is 5.91 Å². The van der Waals surface area contributed by atoms with Crippen LogP contribution in [0.15, 0.2) is 35.2 Å². The number of benzene rings is 1. The fourth-order valence-electron chi connectivity index (χ4n) is 2.46. The van der Waals surface area contributed by atoms with Crippen LogP contribution in [0.1, 0.15) is 20.9 Å². The average molecular weight is 386 g/mol. The smallest absolute Gasteiger partial charge is 0.294 e. The van der Waals surface area contributed by atoms with Crippen LogP contribution in [-0.2, 0) is 9.59 Å². The van der Waals surface area contributed by atoms with Crippen molar-refractivity contribution in [3.05, 3.63) is 56.1 Å². The van der Waals surface area contributed by atoms with Gasteiger partial charge in [-0.05, 0) is 74.0 Å². The Morgan fingerprint density at radius 2 is 1.88 bits per heavy atom. The van der Waals surface area contributed by atoms with Crippen molar-refractivity contribution < 1.29 is 14.4 Å². The fraction of sp³-hybridized carbons (Fsp3) is 0.211. The molecule has 26 heavy (non-hydrogen) atoms. The molecular formula is C19H18N2O3S2. The van der Waals surface area contributed by atoms with Gasteiger partial charge in [-0.3, -0.25) is 19.3 Å². The van der Waals surface area contributed by atoms with Crippen molar-refractivity contribution in [2.45, 2.75) is 20.8 Å². The van der Waals surface area contributed by atoms with Gasteiger partial charge in [-0.15, -0.1) is 11.3 Å². The highest BCUT2D eigenvalue weighted by molar-refractivity contribution is 8.18. The summed E-state index contributed by atoms with van der Waals surface area (Å²) in [7, 11) is 0. The summed E-state index contributed by atoms with van der Waals surface area (Å²) >= 11 is 2.41. The molecule has 1 N–H and O–H groups in total. The maximum absolute atomic E-state index is 12.5. The number of imide groups is 1. The van der Waals surface area contributed by atoms with Gasteiger partial charge in [0, 0.05) is 15.4 Å². The second-order valence-electron chi connectivity index (χ2n) is 6.06. The van der Waals surface area contributed by atoms with Crippen LogP contribution in [0.2, 0.25) is 0 Å². The van der Waals surface area contributed by atoms with Crippen molar-refractivity contribution in [2.24, 2.45) is 0 Å². The number of carbonyl (C=O) groups is 3. The number of thioether (sulfide) groups is 1. The molecule has 1 fully saturated rings. The fourth-order valence-corrected chi connectivity index (χ4v) is 4.18. The standard InChI is InChI=1S/C19H18N2O3S2/c1-11-4-6-14(8-12(11)2)20-17(22)10-21-18(23)16(26-19(21)24)9-15-7-5-13(3)25-15/h4-9H,10H2,1-3H3,(H,20,22)/b16-9+. The second kappa shape index (κ2) is 7.47. The SMILES string of the molecule is Cc1ccc(/C=C2/SC(=O)N(CC(=O)Nc3ccc(C)c(C)c3)C2=O)s1. The Bertz CT molecular complexity index is 931. The molecule has 1 saturated heterocycles. The van der Waals surface area contributed by atoms with Gasteiger partial charge in [0.1, 0.15) is 6.54 Å². The van der Waals surface area contributed by atoms with E-state index in [2.05, 4.69) is 5.32 Å². The molecular weight excluding hydrogens is 368 g/mol. The molecule has 0 atom stereocenters. The molecule has 134 valence electrons. The van der Waals surface area contributed by atoms with Crippen molar-refractivity contribution in [3.8, 4) is 0 Å². The van der Waals surface area contributed by atoms with E-state index in [0.717, 1.165) is 37.5 Å². The van der Waals surface area contributed by atoms with Gasteiger partial charge in [-0.25, -0.2) is 0 Å². The monoisotopic (exact) mass is 386 g/mol. The number of anilines is 1. The summed E-state index contributed by atoms with van der Waals surface area (Å²) in [5, 5.41) is 2.31. The molecule has 0 saturated carbocycles. The first kappa shape index (κ1) is 18.4. The van der Waals surface area contributed by atoms with Gasteiger partial charge in [0.05, 0.1) is 4.91 Å². The Hall–Kier alpha value is -2.38. The molecule has 3 amide bonds. The lowest BCUT2D eigenvalue weighted by Crippen LogP contribution is -2.36. The summed E-state index contributed by atoms with van der Waals surface area (Å²) in [5.41, 5.74) is 2.83. The van der Waals surface area contributed by atoms with Crippen LogP contribution in [0.3, 0.4) is 0 Å². The summed E-state index contributed by atoms with van der Waals surface area (Å²) < 4.78 is 0. The van der Waals surface area contributed by atoms with Gasteiger partial charge < -0.3 is 5.32 Å². The number of nitrogens with zero attached hydrogens (tertiary/aromatic N) is 1. The van der Waals surface area contributed by atoms with E-state index in [1.807, 2.05) is 45.0 Å². The Morgan fingerprint density at radius 1 is 1.12 bits per heavy atom. The lowest BCUT2D eigenvalue weighted by atomic mass is 10.1. The first-order valence-corrected chi connectivity index (χ1v) is 9.65. The highest BCUT2D eigenvalue weighted by Gasteiger charge is 2.36. The summed E-state index contributed by atoms with van der Waals surface area (Å²) in [6, 6.07) is 9.43. The molecule has 3 rings (SSSR count). The summed E-state index contributed by atoms with van der Waals surface area (Å²) in [5.74, 6) is -0.829. The van der Waals surface area contributed by atoms with Gasteiger partial charge in [0.25, 0.3) is 11.1 Å². The van der Waals surface area contributed by atoms with Crippen LogP contribution >= 0.6 is 23.1 Å². The number of carbonyl (C=O) groups excluding carboxylic acids is 3. The third-order valence-corrected chi connectivity index (χ3v) is 5.86. The summed E-state index contributed by atoms with van der Waals surface area (Å²) in [4.78, 5) is 40.2. The van der Waals surface area contributed by atoms with E-state index in [0.29, 0.717) is 10.6 Å². The average Bonchev–Trinajstić information content (AvgIpc) is 3.09. The van der Waals surface area contributed by atoms with Gasteiger partial charge in [0.15, 0.2) is 0 Å². The molecule has 2 aromatic rings. The zero-order chi connectivity index (χ0) is 18.8. The number of amides is 3. The van der Waals surface area contributed by atoms with Crippen molar-refractivity contribution in [3.63, 3.8) is 0 Å². The number of hydrogen-bond acceptors (Lipinski definition) is 5. The van der Waals surface area contributed by atoms with Crippen molar-refractivity contribution in [1.29, 1.82) is 0 Å². The molecule has 1 aliphatic heterocycles. The van der Waals surface area contributed by atoms with Crippen molar-refractivity contribution in [2.75, 3.05) is 11.9 Å². The number of thiophene rings is 1. The number of hydrogen-bond donors (Lipinski definition) is 1. The molecule has 0 unspecified atom stereocenters. The van der Waals surface area contributed by atoms with E-state index in [-0.39, 0.29) is 6.54 Å². The zero-order valence-electron chi connectivity index (χ0n) is 14.7. The highest BCUT2D eigenvalue weighted by atomic mass is 32.2. The highest BCUT2D eigenvalue weighted by Crippen LogP contribution is 2.33. The molecule has 1 aliphatic rings. The molecule has 0 aliphatic carbocycles. The Kier molecular flexibility index (Phi) is 5.29. The van der Waals surface area contributed by atoms with Crippen LogP contribution in [0.25, 0.3) is 6.08 Å². The van der Waals surface area contributed by atoms with E-state index in [1.165, 1.54) is 0 Å². The van der Waals surface area contributed by atoms with Crippen molar-refractivity contribution >= 4 is 51.9 Å². The third-order valence-electron chi connectivity index (χ3n) is 4.00. The normalized spacial score (nSPS) is 15.8. The molecule has 0 spiro atoms. The summed E-state index contributed by atoms with van der Waals surface area (Å²) in [6.45, 7) is 5.63. The quantitative estimate of drug-likeness (QED) is 0.794. The van der Waals surface area contributed by atoms with E-state index in [4.69, 9.17) is 0 Å². The van der Waals surface area contributed by atoms with E-state index in [9.17, 15) is 14.4 Å². The lowest BCUT2D eigenvalue weighted by molar-refractivity contribution is -0.127. The molecule has 2 heterocycles. The van der Waals surface area contributed by atoms with Crippen molar-refractivity contribution in [1.82, 2.24) is 4.90 Å². The number of aryl methyl sites for hydroxylation is 3. The molecule has 7 heteroatoms. The Morgan fingerprint density at radius 3 is 2.54 bits per heavy atom. The van der Waals surface area contributed by atoms with E-state index >= 15 is 0 Å². The zero-order valence-corrected chi connectivity index (χ0v) is 16.3. The van der Waals surface area contributed by atoms with Gasteiger partial charge in [-0.2, -0.15) is 0 Å². The van der Waals surface area contributed by atoms with Gasteiger partial charge in [-0.1, -0.05) is 6.07 Å². The number of nitrogens with one attached hydrogen (secondary N) is 1. The Balaban J connectivity index is 1.68. The molecule has 5 nitrogen and oxygen atoms in total. The summed E-state index contributed by atoms with van der Waals surface area (Å²) in [6.07, 6.45) is 1.70. The van der Waals surface area contributed by atoms with Crippen LogP contribution in [0.5, 0.6) is 0 Å². The van der Waals surface area contributed by atoms with Crippen LogP contribution in [0.4, 0.5) is 10.5 Å². The van der Waals surface area contributed by atoms with Gasteiger partial charge >= 0.3 is 0 Å². The second-order valence-corrected chi connectivity index (χ2v) is 8.38. The first-order valence-electron chi connectivity index (χ1n) is 8.02. The minimum atomic E-state index is -0.429. The van der Waals surface area contributed by atoms with Crippen LogP contribution in [0, 0.1) is 20.8 Å². The van der Waals surface area contributed by atoms with E-state index in [1.54, 1.807) is 23.5 Å². The third kappa shape index (κ3) is 4.05. The molecule has 0 bridgehead atoms. The Labute approximate surface area is 160 Å². The lowest BCUT2D eigenvalue weighted by Gasteiger charge is -2.13. The first-order chi connectivity index (χ1) is 12.3. The maximum Gasteiger partial charge on any atom is 0.294 e. The minimum Gasteiger partial charge on any atom is -0.325 e. The van der Waals surface area contributed by atoms with Crippen LogP contribution < -0.4 is 5.32 Å². The molecule has 0 radical (unpaired) electrons. The largest absolute Gasteiger partial charge is 0.325 e. The predicted molar refractivity (Wildman–Crippen MR) is 106 cm³/mol.